The molecule has 2 unspecified atom stereocenters. The Morgan fingerprint density at radius 1 is 1.53 bits per heavy atom. The van der Waals surface area contributed by atoms with Crippen molar-refractivity contribution in [2.75, 3.05) is 6.54 Å². The Balaban J connectivity index is 1.79. The molecule has 0 aromatic carbocycles. The number of hydrogen-bond acceptors (Lipinski definition) is 5. The third-order valence-corrected chi connectivity index (χ3v) is 4.55. The number of aliphatic carboxylic acids is 1. The van der Waals surface area contributed by atoms with Crippen molar-refractivity contribution in [3.8, 4) is 0 Å². The molecule has 0 radical (unpaired) electrons. The van der Waals surface area contributed by atoms with Gasteiger partial charge in [0.15, 0.2) is 0 Å². The third-order valence-electron chi connectivity index (χ3n) is 3.51. The topological polar surface area (TPSA) is 92.5 Å². The molecule has 1 fully saturated rings. The highest BCUT2D eigenvalue weighted by Crippen LogP contribution is 2.31. The summed E-state index contributed by atoms with van der Waals surface area (Å²) in [5.74, 6) is -0.784. The molecule has 2 atom stereocenters. The average Bonchev–Trinajstić information content (AvgIpc) is 2.97. The molecule has 104 valence electrons. The van der Waals surface area contributed by atoms with Crippen LogP contribution < -0.4 is 5.32 Å². The van der Waals surface area contributed by atoms with Gasteiger partial charge in [0.2, 0.25) is 0 Å². The molecule has 0 spiro atoms. The quantitative estimate of drug-likeness (QED) is 0.617. The summed E-state index contributed by atoms with van der Waals surface area (Å²) in [6.45, 7) is 1.21. The smallest absolute Gasteiger partial charge is 0.324 e. The fraction of sp³-hybridized carbons (Fsp3) is 0.583. The number of rotatable bonds is 6. The second kappa shape index (κ2) is 6.12. The van der Waals surface area contributed by atoms with Crippen molar-refractivity contribution in [2.24, 2.45) is 11.8 Å². The van der Waals surface area contributed by atoms with Crippen LogP contribution in [0, 0.1) is 22.0 Å². The van der Waals surface area contributed by atoms with Gasteiger partial charge in [0.1, 0.15) is 0 Å². The number of nitrogens with zero attached hydrogens (tertiary/aromatic N) is 1. The average molecular weight is 284 g/mol. The molecule has 1 aromatic rings. The lowest BCUT2D eigenvalue weighted by Crippen LogP contribution is -2.28. The summed E-state index contributed by atoms with van der Waals surface area (Å²) >= 11 is 1.15. The zero-order chi connectivity index (χ0) is 13.8. The summed E-state index contributed by atoms with van der Waals surface area (Å²) in [7, 11) is 0. The van der Waals surface area contributed by atoms with Crippen LogP contribution >= 0.6 is 11.3 Å². The Kier molecular flexibility index (Phi) is 4.49. The molecule has 6 nitrogen and oxygen atoms in total. The lowest BCUT2D eigenvalue weighted by molar-refractivity contribution is -0.380. The van der Waals surface area contributed by atoms with Crippen LogP contribution in [0.1, 0.15) is 24.1 Å². The van der Waals surface area contributed by atoms with Gasteiger partial charge in [0.25, 0.3) is 0 Å². The molecule has 1 saturated carbocycles. The Hall–Kier alpha value is -1.47. The van der Waals surface area contributed by atoms with Gasteiger partial charge < -0.3 is 10.4 Å². The van der Waals surface area contributed by atoms with Crippen molar-refractivity contribution in [2.45, 2.75) is 25.8 Å². The fourth-order valence-electron chi connectivity index (χ4n) is 2.55. The van der Waals surface area contributed by atoms with Crippen LogP contribution in [-0.2, 0) is 11.3 Å². The SMILES string of the molecule is O=C(O)C1CCCC1CNCc1ccc([N+](=O)[O-])s1. The van der Waals surface area contributed by atoms with Crippen molar-refractivity contribution in [3.05, 3.63) is 27.1 Å². The van der Waals surface area contributed by atoms with Crippen LogP contribution in [0.15, 0.2) is 12.1 Å². The first-order valence-electron chi connectivity index (χ1n) is 6.24. The summed E-state index contributed by atoms with van der Waals surface area (Å²) < 4.78 is 0. The number of nitro groups is 1. The maximum Gasteiger partial charge on any atom is 0.324 e. The Bertz CT molecular complexity index is 474. The minimum absolute atomic E-state index is 0.140. The second-order valence-electron chi connectivity index (χ2n) is 4.76. The number of thiophene rings is 1. The van der Waals surface area contributed by atoms with Crippen molar-refractivity contribution >= 4 is 22.3 Å². The standard InChI is InChI=1S/C12H16N2O4S/c15-12(16)10-3-1-2-8(10)6-13-7-9-4-5-11(19-9)14(17)18/h4-5,8,10,13H,1-3,6-7H2,(H,15,16). The Labute approximate surface area is 114 Å². The number of nitrogens with one attached hydrogen (secondary N) is 1. The lowest BCUT2D eigenvalue weighted by atomic mass is 9.96. The Morgan fingerprint density at radius 2 is 2.32 bits per heavy atom. The van der Waals surface area contributed by atoms with Crippen molar-refractivity contribution < 1.29 is 14.8 Å². The van der Waals surface area contributed by atoms with E-state index in [1.54, 1.807) is 6.07 Å². The molecular formula is C12H16N2O4S. The molecule has 0 amide bonds. The molecule has 1 aliphatic rings. The molecule has 0 bridgehead atoms. The largest absolute Gasteiger partial charge is 0.481 e. The summed E-state index contributed by atoms with van der Waals surface area (Å²) in [6.07, 6.45) is 2.66. The van der Waals surface area contributed by atoms with Crippen LogP contribution in [-0.4, -0.2) is 22.5 Å². The molecule has 0 saturated heterocycles. The summed E-state index contributed by atoms with van der Waals surface area (Å²) in [5.41, 5.74) is 0. The number of carboxylic acids is 1. The van der Waals surface area contributed by atoms with Gasteiger partial charge in [-0.2, -0.15) is 0 Å². The Morgan fingerprint density at radius 3 is 2.95 bits per heavy atom. The van der Waals surface area contributed by atoms with Crippen LogP contribution in [0.2, 0.25) is 0 Å². The van der Waals surface area contributed by atoms with E-state index in [4.69, 9.17) is 5.11 Å². The molecule has 1 aromatic heterocycles. The summed E-state index contributed by atoms with van der Waals surface area (Å²) in [5, 5.41) is 23.0. The number of carbonyl (C=O) groups is 1. The van der Waals surface area contributed by atoms with Gasteiger partial charge in [-0.25, -0.2) is 0 Å². The highest BCUT2D eigenvalue weighted by atomic mass is 32.1. The van der Waals surface area contributed by atoms with Crippen molar-refractivity contribution in [1.29, 1.82) is 0 Å². The normalized spacial score (nSPS) is 22.5. The molecular weight excluding hydrogens is 268 g/mol. The first-order valence-corrected chi connectivity index (χ1v) is 7.06. The van der Waals surface area contributed by atoms with Crippen molar-refractivity contribution in [3.63, 3.8) is 0 Å². The van der Waals surface area contributed by atoms with Gasteiger partial charge in [0.05, 0.1) is 10.8 Å². The highest BCUT2D eigenvalue weighted by molar-refractivity contribution is 7.15. The summed E-state index contributed by atoms with van der Waals surface area (Å²) in [6, 6.07) is 3.23. The molecule has 1 aliphatic carbocycles. The van der Waals surface area contributed by atoms with Gasteiger partial charge in [-0.1, -0.05) is 17.8 Å². The van der Waals surface area contributed by atoms with E-state index < -0.39 is 10.9 Å². The fourth-order valence-corrected chi connectivity index (χ4v) is 3.34. The van der Waals surface area contributed by atoms with Crippen LogP contribution in [0.4, 0.5) is 5.00 Å². The zero-order valence-corrected chi connectivity index (χ0v) is 11.2. The van der Waals surface area contributed by atoms with Gasteiger partial charge in [-0.3, -0.25) is 14.9 Å². The highest BCUT2D eigenvalue weighted by Gasteiger charge is 2.32. The van der Waals surface area contributed by atoms with E-state index in [1.165, 1.54) is 6.07 Å². The molecule has 1 heterocycles. The van der Waals surface area contributed by atoms with E-state index in [1.807, 2.05) is 0 Å². The number of hydrogen-bond donors (Lipinski definition) is 2. The third kappa shape index (κ3) is 3.51. The van der Waals surface area contributed by atoms with E-state index in [0.29, 0.717) is 13.1 Å². The molecule has 0 aliphatic heterocycles. The maximum absolute atomic E-state index is 11.0. The lowest BCUT2D eigenvalue weighted by Gasteiger charge is -2.15. The molecule has 19 heavy (non-hydrogen) atoms. The van der Waals surface area contributed by atoms with E-state index in [9.17, 15) is 14.9 Å². The van der Waals surface area contributed by atoms with Crippen LogP contribution in [0.5, 0.6) is 0 Å². The van der Waals surface area contributed by atoms with E-state index in [0.717, 1.165) is 35.5 Å². The minimum Gasteiger partial charge on any atom is -0.481 e. The number of carboxylic acid groups (broad SMARTS) is 1. The first kappa shape index (κ1) is 14.0. The maximum atomic E-state index is 11.0. The molecule has 2 rings (SSSR count). The van der Waals surface area contributed by atoms with Crippen molar-refractivity contribution in [1.82, 2.24) is 5.32 Å². The van der Waals surface area contributed by atoms with Gasteiger partial charge in [-0.05, 0) is 31.4 Å². The predicted molar refractivity (Wildman–Crippen MR) is 71.1 cm³/mol. The van der Waals surface area contributed by atoms with E-state index >= 15 is 0 Å². The van der Waals surface area contributed by atoms with Gasteiger partial charge in [0, 0.05) is 17.5 Å². The molecule has 7 heteroatoms. The van der Waals surface area contributed by atoms with Gasteiger partial charge in [-0.15, -0.1) is 0 Å². The second-order valence-corrected chi connectivity index (χ2v) is 5.91. The predicted octanol–water partition coefficient (Wildman–Crippen LogP) is 2.25. The molecule has 2 N–H and O–H groups in total. The monoisotopic (exact) mass is 284 g/mol. The van der Waals surface area contributed by atoms with E-state index in [2.05, 4.69) is 5.32 Å². The summed E-state index contributed by atoms with van der Waals surface area (Å²) in [4.78, 5) is 22.1. The minimum atomic E-state index is -0.712. The van der Waals surface area contributed by atoms with Crippen LogP contribution in [0.25, 0.3) is 0 Å². The van der Waals surface area contributed by atoms with E-state index in [-0.39, 0.29) is 16.8 Å². The zero-order valence-electron chi connectivity index (χ0n) is 10.4. The first-order chi connectivity index (χ1) is 9.08. The van der Waals surface area contributed by atoms with Gasteiger partial charge >= 0.3 is 11.0 Å². The van der Waals surface area contributed by atoms with Crippen LogP contribution in [0.3, 0.4) is 0 Å².